The van der Waals surface area contributed by atoms with Gasteiger partial charge in [-0.2, -0.15) is 0 Å². The number of carbonyl (C=O) groups excluding carboxylic acids is 1. The predicted octanol–water partition coefficient (Wildman–Crippen LogP) is 3.15. The van der Waals surface area contributed by atoms with Gasteiger partial charge in [-0.25, -0.2) is 0 Å². The Morgan fingerprint density at radius 1 is 1.41 bits per heavy atom. The summed E-state index contributed by atoms with van der Waals surface area (Å²) in [5.41, 5.74) is 0.649. The van der Waals surface area contributed by atoms with Crippen molar-refractivity contribution >= 4 is 29.1 Å². The highest BCUT2D eigenvalue weighted by Gasteiger charge is 2.19. The lowest BCUT2D eigenvalue weighted by Gasteiger charge is -2.14. The van der Waals surface area contributed by atoms with E-state index in [1.54, 1.807) is 18.2 Å². The second-order valence-corrected chi connectivity index (χ2v) is 4.76. The van der Waals surface area contributed by atoms with Crippen molar-refractivity contribution in [1.82, 2.24) is 5.32 Å². The summed E-state index contributed by atoms with van der Waals surface area (Å²) in [7, 11) is 1.53. The molecule has 5 heteroatoms. The molecule has 0 fully saturated rings. The number of benzene rings is 1. The highest BCUT2D eigenvalue weighted by atomic mass is 35.5. The van der Waals surface area contributed by atoms with Gasteiger partial charge in [-0.3, -0.25) is 4.79 Å². The second-order valence-electron chi connectivity index (χ2n) is 3.92. The van der Waals surface area contributed by atoms with Crippen LogP contribution < -0.4 is 10.1 Å². The summed E-state index contributed by atoms with van der Waals surface area (Å²) >= 11 is 12.0. The average molecular weight is 276 g/mol. The molecule has 3 nitrogen and oxygen atoms in total. The van der Waals surface area contributed by atoms with E-state index < -0.39 is 5.38 Å². The SMILES string of the molecule is COc1ccc(C(Cl)C(=O)NC(C)C)cc1Cl. The van der Waals surface area contributed by atoms with Crippen LogP contribution in [0.2, 0.25) is 5.02 Å². The van der Waals surface area contributed by atoms with Gasteiger partial charge < -0.3 is 10.1 Å². The smallest absolute Gasteiger partial charge is 0.242 e. The third-order valence-electron chi connectivity index (χ3n) is 2.13. The number of alkyl halides is 1. The molecule has 94 valence electrons. The molecule has 0 aliphatic rings. The molecular formula is C12H15Cl2NO2. The standard InChI is InChI=1S/C12H15Cl2NO2/c1-7(2)15-12(16)11(14)8-4-5-10(17-3)9(13)6-8/h4-7,11H,1-3H3,(H,15,16). The number of hydrogen-bond donors (Lipinski definition) is 1. The van der Waals surface area contributed by atoms with E-state index in [-0.39, 0.29) is 11.9 Å². The maximum absolute atomic E-state index is 11.7. The Labute approximate surface area is 111 Å². The molecule has 0 spiro atoms. The topological polar surface area (TPSA) is 38.3 Å². The van der Waals surface area contributed by atoms with Gasteiger partial charge in [0.05, 0.1) is 12.1 Å². The van der Waals surface area contributed by atoms with Crippen molar-refractivity contribution in [3.8, 4) is 5.75 Å². The van der Waals surface area contributed by atoms with Gasteiger partial charge in [-0.05, 0) is 31.5 Å². The van der Waals surface area contributed by atoms with E-state index in [0.717, 1.165) is 0 Å². The molecule has 0 saturated carbocycles. The first-order chi connectivity index (χ1) is 7.95. The van der Waals surface area contributed by atoms with Crippen LogP contribution in [-0.4, -0.2) is 19.1 Å². The fraction of sp³-hybridized carbons (Fsp3) is 0.417. The van der Waals surface area contributed by atoms with Crippen LogP contribution in [0.25, 0.3) is 0 Å². The van der Waals surface area contributed by atoms with E-state index in [1.807, 2.05) is 13.8 Å². The number of rotatable bonds is 4. The number of amides is 1. The summed E-state index contributed by atoms with van der Waals surface area (Å²) in [4.78, 5) is 11.7. The zero-order valence-corrected chi connectivity index (χ0v) is 11.5. The third kappa shape index (κ3) is 3.79. The molecule has 0 saturated heterocycles. The minimum Gasteiger partial charge on any atom is -0.495 e. The predicted molar refractivity (Wildman–Crippen MR) is 69.9 cm³/mol. The van der Waals surface area contributed by atoms with Gasteiger partial charge in [0.2, 0.25) is 5.91 Å². The summed E-state index contributed by atoms with van der Waals surface area (Å²) in [6, 6.07) is 5.10. The van der Waals surface area contributed by atoms with Gasteiger partial charge in [-0.15, -0.1) is 11.6 Å². The van der Waals surface area contributed by atoms with E-state index in [2.05, 4.69) is 5.32 Å². The van der Waals surface area contributed by atoms with Gasteiger partial charge in [-0.1, -0.05) is 17.7 Å². The Kier molecular flexibility index (Phi) is 5.09. The Hall–Kier alpha value is -0.930. The normalized spacial score (nSPS) is 12.4. The average Bonchev–Trinajstić information content (AvgIpc) is 2.27. The van der Waals surface area contributed by atoms with E-state index in [9.17, 15) is 4.79 Å². The second kappa shape index (κ2) is 6.12. The summed E-state index contributed by atoms with van der Waals surface area (Å²) < 4.78 is 5.03. The minimum atomic E-state index is -0.749. The van der Waals surface area contributed by atoms with Crippen molar-refractivity contribution in [2.75, 3.05) is 7.11 Å². The molecule has 17 heavy (non-hydrogen) atoms. The molecular weight excluding hydrogens is 261 g/mol. The largest absolute Gasteiger partial charge is 0.495 e. The van der Waals surface area contributed by atoms with Crippen LogP contribution in [0.5, 0.6) is 5.75 Å². The van der Waals surface area contributed by atoms with Crippen molar-refractivity contribution in [2.45, 2.75) is 25.3 Å². The molecule has 1 amide bonds. The number of ether oxygens (including phenoxy) is 1. The molecule has 1 N–H and O–H groups in total. The number of halogens is 2. The van der Waals surface area contributed by atoms with E-state index in [4.69, 9.17) is 27.9 Å². The van der Waals surface area contributed by atoms with Gasteiger partial charge in [0.15, 0.2) is 0 Å². The lowest BCUT2D eigenvalue weighted by atomic mass is 10.1. The summed E-state index contributed by atoms with van der Waals surface area (Å²) in [6.07, 6.45) is 0. The fourth-order valence-corrected chi connectivity index (χ4v) is 1.81. The van der Waals surface area contributed by atoms with Crippen LogP contribution >= 0.6 is 23.2 Å². The van der Waals surface area contributed by atoms with E-state index >= 15 is 0 Å². The monoisotopic (exact) mass is 275 g/mol. The first kappa shape index (κ1) is 14.1. The zero-order chi connectivity index (χ0) is 13.0. The van der Waals surface area contributed by atoms with Crippen molar-refractivity contribution in [3.63, 3.8) is 0 Å². The van der Waals surface area contributed by atoms with Crippen LogP contribution in [0.3, 0.4) is 0 Å². The van der Waals surface area contributed by atoms with Crippen LogP contribution in [-0.2, 0) is 4.79 Å². The third-order valence-corrected chi connectivity index (χ3v) is 2.88. The van der Waals surface area contributed by atoms with Gasteiger partial charge in [0, 0.05) is 6.04 Å². The molecule has 0 aliphatic heterocycles. The highest BCUT2D eigenvalue weighted by Crippen LogP contribution is 2.30. The number of methoxy groups -OCH3 is 1. The summed E-state index contributed by atoms with van der Waals surface area (Å²) in [5, 5.41) is 2.43. The Balaban J connectivity index is 2.85. The first-order valence-corrected chi connectivity index (χ1v) is 6.05. The summed E-state index contributed by atoms with van der Waals surface area (Å²) in [6.45, 7) is 3.75. The van der Waals surface area contributed by atoms with Crippen molar-refractivity contribution in [3.05, 3.63) is 28.8 Å². The molecule has 1 rings (SSSR count). The molecule has 0 aliphatic carbocycles. The van der Waals surface area contributed by atoms with E-state index in [1.165, 1.54) is 7.11 Å². The summed E-state index contributed by atoms with van der Waals surface area (Å²) in [5.74, 6) is 0.325. The molecule has 1 aromatic rings. The highest BCUT2D eigenvalue weighted by molar-refractivity contribution is 6.33. The fourth-order valence-electron chi connectivity index (χ4n) is 1.35. The molecule has 0 radical (unpaired) electrons. The maximum atomic E-state index is 11.7. The molecule has 0 heterocycles. The molecule has 1 atom stereocenters. The first-order valence-electron chi connectivity index (χ1n) is 5.23. The van der Waals surface area contributed by atoms with Gasteiger partial charge in [0.25, 0.3) is 0 Å². The van der Waals surface area contributed by atoms with Crippen molar-refractivity contribution < 1.29 is 9.53 Å². The number of hydrogen-bond acceptors (Lipinski definition) is 2. The number of nitrogens with one attached hydrogen (secondary N) is 1. The zero-order valence-electron chi connectivity index (χ0n) is 9.96. The van der Waals surface area contributed by atoms with Gasteiger partial charge >= 0.3 is 0 Å². The van der Waals surface area contributed by atoms with Crippen LogP contribution in [0.1, 0.15) is 24.8 Å². The molecule has 1 aromatic carbocycles. The van der Waals surface area contributed by atoms with E-state index in [0.29, 0.717) is 16.3 Å². The Bertz CT molecular complexity index is 407. The molecule has 1 unspecified atom stereocenters. The maximum Gasteiger partial charge on any atom is 0.242 e. The van der Waals surface area contributed by atoms with Crippen LogP contribution in [0.15, 0.2) is 18.2 Å². The quantitative estimate of drug-likeness (QED) is 0.858. The van der Waals surface area contributed by atoms with Crippen LogP contribution in [0, 0.1) is 0 Å². The van der Waals surface area contributed by atoms with Crippen molar-refractivity contribution in [2.24, 2.45) is 0 Å². The molecule has 0 aromatic heterocycles. The Morgan fingerprint density at radius 3 is 2.53 bits per heavy atom. The Morgan fingerprint density at radius 2 is 2.06 bits per heavy atom. The van der Waals surface area contributed by atoms with Gasteiger partial charge in [0.1, 0.15) is 11.1 Å². The van der Waals surface area contributed by atoms with Crippen LogP contribution in [0.4, 0.5) is 0 Å². The lowest BCUT2D eigenvalue weighted by molar-refractivity contribution is -0.121. The number of carbonyl (C=O) groups is 1. The lowest BCUT2D eigenvalue weighted by Crippen LogP contribution is -2.32. The van der Waals surface area contributed by atoms with Crippen molar-refractivity contribution in [1.29, 1.82) is 0 Å². The molecule has 0 bridgehead atoms. The minimum absolute atomic E-state index is 0.0532.